The summed E-state index contributed by atoms with van der Waals surface area (Å²) in [5.74, 6) is 0. The van der Waals surface area contributed by atoms with Gasteiger partial charge < -0.3 is 0 Å². The van der Waals surface area contributed by atoms with Gasteiger partial charge in [-0.3, -0.25) is 4.18 Å². The standard InChI is InChI=1S/C13H12O2S/c1-15-16(14)13-10-6-5-9-12(13)11-7-3-2-4-8-11/h2-10H,1H3. The Kier molecular flexibility index (Phi) is 3.49. The average Bonchev–Trinajstić information content (AvgIpc) is 2.39. The lowest BCUT2D eigenvalue weighted by atomic mass is 10.1. The third kappa shape index (κ3) is 2.21. The van der Waals surface area contributed by atoms with Gasteiger partial charge in [-0.25, -0.2) is 4.21 Å². The van der Waals surface area contributed by atoms with E-state index in [1.165, 1.54) is 7.11 Å². The zero-order chi connectivity index (χ0) is 11.4. The van der Waals surface area contributed by atoms with Crippen molar-refractivity contribution >= 4 is 11.1 Å². The second kappa shape index (κ2) is 5.05. The molecule has 0 heterocycles. The van der Waals surface area contributed by atoms with Crippen LogP contribution in [0.4, 0.5) is 0 Å². The molecule has 0 aliphatic heterocycles. The Morgan fingerprint density at radius 1 is 0.938 bits per heavy atom. The molecule has 1 atom stereocenters. The molecule has 0 bridgehead atoms. The molecule has 2 aromatic rings. The summed E-state index contributed by atoms with van der Waals surface area (Å²) in [5.41, 5.74) is 1.99. The Hall–Kier alpha value is -1.45. The smallest absolute Gasteiger partial charge is 0.189 e. The predicted molar refractivity (Wildman–Crippen MR) is 65.3 cm³/mol. The fraction of sp³-hybridized carbons (Fsp3) is 0.0769. The molecule has 0 radical (unpaired) electrons. The van der Waals surface area contributed by atoms with Gasteiger partial charge in [0.2, 0.25) is 0 Å². The van der Waals surface area contributed by atoms with Crippen molar-refractivity contribution in [3.8, 4) is 11.1 Å². The molecule has 2 rings (SSSR count). The van der Waals surface area contributed by atoms with Gasteiger partial charge in [-0.2, -0.15) is 0 Å². The first-order valence-electron chi connectivity index (χ1n) is 4.93. The summed E-state index contributed by atoms with van der Waals surface area (Å²) in [6, 6.07) is 17.4. The van der Waals surface area contributed by atoms with E-state index in [9.17, 15) is 4.21 Å². The van der Waals surface area contributed by atoms with Gasteiger partial charge in [-0.05, 0) is 11.6 Å². The minimum atomic E-state index is -1.40. The molecule has 0 spiro atoms. The van der Waals surface area contributed by atoms with Gasteiger partial charge in [0.15, 0.2) is 11.1 Å². The maximum Gasteiger partial charge on any atom is 0.189 e. The van der Waals surface area contributed by atoms with Crippen molar-refractivity contribution < 1.29 is 8.39 Å². The average molecular weight is 232 g/mol. The van der Waals surface area contributed by atoms with Gasteiger partial charge in [0.1, 0.15) is 0 Å². The van der Waals surface area contributed by atoms with E-state index in [0.717, 1.165) is 11.1 Å². The molecule has 82 valence electrons. The third-order valence-corrected chi connectivity index (χ3v) is 3.32. The van der Waals surface area contributed by atoms with Crippen molar-refractivity contribution in [1.82, 2.24) is 0 Å². The first kappa shape index (κ1) is 11.0. The largest absolute Gasteiger partial charge is 0.290 e. The van der Waals surface area contributed by atoms with Gasteiger partial charge in [0.25, 0.3) is 0 Å². The van der Waals surface area contributed by atoms with Gasteiger partial charge in [0, 0.05) is 5.56 Å². The van der Waals surface area contributed by atoms with Crippen LogP contribution in [-0.4, -0.2) is 11.3 Å². The lowest BCUT2D eigenvalue weighted by molar-refractivity contribution is 0.446. The third-order valence-electron chi connectivity index (χ3n) is 2.30. The molecule has 1 unspecified atom stereocenters. The molecular weight excluding hydrogens is 220 g/mol. The van der Waals surface area contributed by atoms with E-state index in [1.807, 2.05) is 54.6 Å². The molecule has 3 heteroatoms. The quantitative estimate of drug-likeness (QED) is 0.813. The Morgan fingerprint density at radius 3 is 2.25 bits per heavy atom. The second-order valence-corrected chi connectivity index (χ2v) is 4.51. The molecule has 0 N–H and O–H groups in total. The fourth-order valence-corrected chi connectivity index (χ4v) is 2.29. The highest BCUT2D eigenvalue weighted by Gasteiger charge is 2.09. The summed E-state index contributed by atoms with van der Waals surface area (Å²) in [4.78, 5) is 0.705. The van der Waals surface area contributed by atoms with Crippen LogP contribution in [0.3, 0.4) is 0 Å². The lowest BCUT2D eigenvalue weighted by Crippen LogP contribution is -1.95. The topological polar surface area (TPSA) is 26.3 Å². The summed E-state index contributed by atoms with van der Waals surface area (Å²) < 4.78 is 16.6. The number of hydrogen-bond donors (Lipinski definition) is 0. The van der Waals surface area contributed by atoms with Crippen molar-refractivity contribution in [3.63, 3.8) is 0 Å². The molecule has 16 heavy (non-hydrogen) atoms. The van der Waals surface area contributed by atoms with E-state index < -0.39 is 11.1 Å². The van der Waals surface area contributed by atoms with E-state index in [0.29, 0.717) is 4.90 Å². The Bertz CT molecular complexity index is 494. The van der Waals surface area contributed by atoms with Crippen LogP contribution in [0.15, 0.2) is 59.5 Å². The van der Waals surface area contributed by atoms with Crippen LogP contribution in [0.25, 0.3) is 11.1 Å². The second-order valence-electron chi connectivity index (χ2n) is 3.26. The fourth-order valence-electron chi connectivity index (χ4n) is 1.56. The van der Waals surface area contributed by atoms with E-state index in [4.69, 9.17) is 4.18 Å². The first-order valence-corrected chi connectivity index (χ1v) is 6.01. The summed E-state index contributed by atoms with van der Waals surface area (Å²) in [7, 11) is 1.44. The molecular formula is C13H12O2S. The summed E-state index contributed by atoms with van der Waals surface area (Å²) in [6.45, 7) is 0. The highest BCUT2D eigenvalue weighted by atomic mass is 32.2. The van der Waals surface area contributed by atoms with Crippen LogP contribution < -0.4 is 0 Å². The molecule has 0 saturated heterocycles. The SMILES string of the molecule is COS(=O)c1ccccc1-c1ccccc1. The van der Waals surface area contributed by atoms with Gasteiger partial charge in [-0.1, -0.05) is 48.5 Å². The minimum absolute atomic E-state index is 0.705. The van der Waals surface area contributed by atoms with Gasteiger partial charge in [0.05, 0.1) is 12.0 Å². The maximum absolute atomic E-state index is 11.7. The number of benzene rings is 2. The van der Waals surface area contributed by atoms with Crippen LogP contribution in [0, 0.1) is 0 Å². The Labute approximate surface area is 97.6 Å². The van der Waals surface area contributed by atoms with Crippen LogP contribution in [0.1, 0.15) is 0 Å². The van der Waals surface area contributed by atoms with Crippen molar-refractivity contribution in [1.29, 1.82) is 0 Å². The molecule has 0 saturated carbocycles. The number of hydrogen-bond acceptors (Lipinski definition) is 2. The van der Waals surface area contributed by atoms with Crippen LogP contribution in [-0.2, 0) is 15.3 Å². The molecule has 0 fully saturated rings. The maximum atomic E-state index is 11.7. The van der Waals surface area contributed by atoms with Crippen molar-refractivity contribution in [2.45, 2.75) is 4.90 Å². The van der Waals surface area contributed by atoms with Crippen LogP contribution >= 0.6 is 0 Å². The van der Waals surface area contributed by atoms with E-state index >= 15 is 0 Å². The predicted octanol–water partition coefficient (Wildman–Crippen LogP) is 3.02. The molecule has 2 nitrogen and oxygen atoms in total. The first-order chi connectivity index (χ1) is 7.83. The van der Waals surface area contributed by atoms with Gasteiger partial charge in [-0.15, -0.1) is 0 Å². The molecule has 0 amide bonds. The van der Waals surface area contributed by atoms with E-state index in [1.54, 1.807) is 0 Å². The Morgan fingerprint density at radius 2 is 1.56 bits per heavy atom. The molecule has 0 aliphatic carbocycles. The van der Waals surface area contributed by atoms with E-state index in [-0.39, 0.29) is 0 Å². The molecule has 2 aromatic carbocycles. The normalized spacial score (nSPS) is 12.3. The highest BCUT2D eigenvalue weighted by molar-refractivity contribution is 7.80. The monoisotopic (exact) mass is 232 g/mol. The zero-order valence-corrected chi connectivity index (χ0v) is 9.74. The molecule has 0 aromatic heterocycles. The van der Waals surface area contributed by atoms with Crippen LogP contribution in [0.2, 0.25) is 0 Å². The summed E-state index contributed by atoms with van der Waals surface area (Å²) >= 11 is -1.40. The molecule has 0 aliphatic rings. The van der Waals surface area contributed by atoms with Gasteiger partial charge >= 0.3 is 0 Å². The van der Waals surface area contributed by atoms with Crippen LogP contribution in [0.5, 0.6) is 0 Å². The summed E-state index contributed by atoms with van der Waals surface area (Å²) in [5, 5.41) is 0. The highest BCUT2D eigenvalue weighted by Crippen LogP contribution is 2.25. The van der Waals surface area contributed by atoms with Crippen molar-refractivity contribution in [3.05, 3.63) is 54.6 Å². The van der Waals surface area contributed by atoms with Crippen molar-refractivity contribution in [2.24, 2.45) is 0 Å². The zero-order valence-electron chi connectivity index (χ0n) is 8.92. The van der Waals surface area contributed by atoms with Crippen molar-refractivity contribution in [2.75, 3.05) is 7.11 Å². The minimum Gasteiger partial charge on any atom is -0.290 e. The number of rotatable bonds is 3. The Balaban J connectivity index is 2.53. The lowest BCUT2D eigenvalue weighted by Gasteiger charge is -2.07. The van der Waals surface area contributed by atoms with E-state index in [2.05, 4.69) is 0 Å². The summed E-state index contributed by atoms with van der Waals surface area (Å²) in [6.07, 6.45) is 0.